The van der Waals surface area contributed by atoms with Crippen molar-refractivity contribution >= 4 is 44.6 Å². The van der Waals surface area contributed by atoms with Crippen LogP contribution < -0.4 is 14.2 Å². The number of halogens is 1. The first-order valence-corrected chi connectivity index (χ1v) is 9.05. The summed E-state index contributed by atoms with van der Waals surface area (Å²) < 4.78 is 6.94. The molecule has 21 heavy (non-hydrogen) atoms. The lowest BCUT2D eigenvalue weighted by Gasteiger charge is -2.21. The fourth-order valence-electron chi connectivity index (χ4n) is 2.59. The van der Waals surface area contributed by atoms with Crippen LogP contribution in [0.3, 0.4) is 0 Å². The zero-order chi connectivity index (χ0) is 14.4. The minimum atomic E-state index is -0.499. The van der Waals surface area contributed by atoms with Crippen LogP contribution in [0.4, 0.5) is 23.3 Å². The zero-order valence-corrected chi connectivity index (χ0v) is 13.6. The Balaban J connectivity index is 1.63. The lowest BCUT2D eigenvalue weighted by molar-refractivity contribution is 0.249. The molecule has 112 valence electrons. The molecule has 1 aromatic rings. The van der Waals surface area contributed by atoms with E-state index in [1.165, 1.54) is 12.8 Å². The molecule has 1 saturated carbocycles. The number of nitrogens with zero attached hydrogens (tertiary/aromatic N) is 4. The van der Waals surface area contributed by atoms with Gasteiger partial charge in [0.05, 0.1) is 6.04 Å². The highest BCUT2D eigenvalue weighted by Crippen LogP contribution is 2.48. The molecule has 0 spiro atoms. The predicted molar refractivity (Wildman–Crippen MR) is 89.8 cm³/mol. The third-order valence-electron chi connectivity index (χ3n) is 3.88. The quantitative estimate of drug-likeness (QED) is 0.407. The number of aromatic nitrogens is 2. The van der Waals surface area contributed by atoms with Gasteiger partial charge >= 0.3 is 0 Å². The summed E-state index contributed by atoms with van der Waals surface area (Å²) in [7, 11) is 0. The molecule has 2 aliphatic carbocycles. The second kappa shape index (κ2) is 5.16. The Labute approximate surface area is 133 Å². The fraction of sp³-hybridized carbons (Fsp3) is 0.538. The maximum Gasteiger partial charge on any atom is 0.224 e. The molecule has 0 amide bonds. The predicted octanol–water partition coefficient (Wildman–Crippen LogP) is 2.09. The maximum atomic E-state index is 9.28. The molecule has 2 atom stereocenters. The van der Waals surface area contributed by atoms with Crippen molar-refractivity contribution in [1.29, 1.82) is 0 Å². The lowest BCUT2D eigenvalue weighted by atomic mass is 10.1. The smallest absolute Gasteiger partial charge is 0.224 e. The van der Waals surface area contributed by atoms with Crippen LogP contribution >= 0.6 is 21.3 Å². The van der Waals surface area contributed by atoms with Crippen LogP contribution in [0.15, 0.2) is 15.3 Å². The van der Waals surface area contributed by atoms with Gasteiger partial charge in [0, 0.05) is 18.6 Å². The van der Waals surface area contributed by atoms with Gasteiger partial charge in [0.2, 0.25) is 5.95 Å². The van der Waals surface area contributed by atoms with Crippen LogP contribution in [0.25, 0.3) is 0 Å². The number of nitrogen functional groups attached to an aromatic ring is 1. The van der Waals surface area contributed by atoms with Gasteiger partial charge in [-0.25, -0.2) is 0 Å². The molecule has 0 saturated heterocycles. The highest BCUT2D eigenvalue weighted by molar-refractivity contribution is 14.2. The molecule has 4 N–H and O–H groups in total. The van der Waals surface area contributed by atoms with Gasteiger partial charge in [0.15, 0.2) is 17.3 Å². The number of aliphatic hydroxyl groups is 1. The van der Waals surface area contributed by atoms with Gasteiger partial charge in [0.25, 0.3) is 0 Å². The Bertz CT molecular complexity index is 629. The van der Waals surface area contributed by atoms with Crippen molar-refractivity contribution in [3.8, 4) is 0 Å². The summed E-state index contributed by atoms with van der Waals surface area (Å²) >= 11 is -0.499. The molecular weight excluding hydrogens is 383 g/mol. The van der Waals surface area contributed by atoms with Crippen molar-refractivity contribution < 1.29 is 5.11 Å². The van der Waals surface area contributed by atoms with Crippen molar-refractivity contribution in [3.63, 3.8) is 0 Å². The van der Waals surface area contributed by atoms with Crippen LogP contribution in [0.5, 0.6) is 0 Å². The summed E-state index contributed by atoms with van der Waals surface area (Å²) in [5.41, 5.74) is 6.73. The van der Waals surface area contributed by atoms with E-state index in [4.69, 9.17) is 8.88 Å². The molecule has 0 radical (unpaired) electrons. The summed E-state index contributed by atoms with van der Waals surface area (Å²) in [5, 5.41) is 12.7. The van der Waals surface area contributed by atoms with Crippen LogP contribution in [0, 0.1) is 5.92 Å². The SMILES string of the molecule is Nc1nc(NC2CC2)c2c(n1)N(C1C=CC(CO)C1)I=N2. The second-order valence-corrected chi connectivity index (χ2v) is 7.58. The number of nitrogens with one attached hydrogen (secondary N) is 1. The van der Waals surface area contributed by atoms with E-state index in [-0.39, 0.29) is 18.6 Å². The maximum absolute atomic E-state index is 9.28. The molecule has 0 aromatic carbocycles. The molecule has 1 fully saturated rings. The number of fused-ring (bicyclic) bond motifs is 1. The standard InChI is InChI=1S/C13H17IN6O/c15-13-17-11(16-8-2-3-8)10-12(18-13)20(14-19-10)9-4-1-7(5-9)6-21/h1,4,7-9,21H,2-3,5-6H2,(H3,15,16,17,18). The molecule has 0 bridgehead atoms. The molecule has 2 heterocycles. The van der Waals surface area contributed by atoms with Gasteiger partial charge in [-0.3, -0.25) is 3.11 Å². The topological polar surface area (TPSA) is 99.7 Å². The van der Waals surface area contributed by atoms with Crippen molar-refractivity contribution in [2.24, 2.45) is 9.06 Å². The average molecular weight is 400 g/mol. The van der Waals surface area contributed by atoms with Gasteiger partial charge in [-0.15, -0.1) is 0 Å². The number of anilines is 3. The molecule has 1 aliphatic heterocycles. The normalized spacial score (nSPS) is 26.8. The van der Waals surface area contributed by atoms with Crippen LogP contribution in [0.1, 0.15) is 19.3 Å². The molecule has 8 heteroatoms. The summed E-state index contributed by atoms with van der Waals surface area (Å²) in [6, 6.07) is 0.777. The third-order valence-corrected chi connectivity index (χ3v) is 6.22. The monoisotopic (exact) mass is 400 g/mol. The molecule has 2 unspecified atom stereocenters. The van der Waals surface area contributed by atoms with E-state index in [0.29, 0.717) is 12.0 Å². The highest BCUT2D eigenvalue weighted by Gasteiger charge is 2.33. The summed E-state index contributed by atoms with van der Waals surface area (Å²) in [5.74, 6) is 2.17. The first-order valence-electron chi connectivity index (χ1n) is 7.12. The average Bonchev–Trinajstić information content (AvgIpc) is 3.01. The largest absolute Gasteiger partial charge is 0.396 e. The zero-order valence-electron chi connectivity index (χ0n) is 11.4. The van der Waals surface area contributed by atoms with Gasteiger partial charge < -0.3 is 16.2 Å². The van der Waals surface area contributed by atoms with Gasteiger partial charge in [0.1, 0.15) is 21.3 Å². The van der Waals surface area contributed by atoms with E-state index in [9.17, 15) is 5.11 Å². The first-order chi connectivity index (χ1) is 10.2. The van der Waals surface area contributed by atoms with E-state index in [1.807, 2.05) is 0 Å². The van der Waals surface area contributed by atoms with E-state index in [2.05, 4.69) is 30.6 Å². The molecule has 4 rings (SSSR count). The van der Waals surface area contributed by atoms with E-state index < -0.39 is 21.3 Å². The minimum Gasteiger partial charge on any atom is -0.396 e. The lowest BCUT2D eigenvalue weighted by Crippen LogP contribution is -2.24. The Morgan fingerprint density at radius 1 is 1.38 bits per heavy atom. The summed E-state index contributed by atoms with van der Waals surface area (Å²) in [4.78, 5) is 8.72. The van der Waals surface area contributed by atoms with Crippen molar-refractivity contribution in [2.45, 2.75) is 31.3 Å². The Morgan fingerprint density at radius 2 is 2.24 bits per heavy atom. The number of hydrogen-bond acceptors (Lipinski definition) is 7. The van der Waals surface area contributed by atoms with Crippen molar-refractivity contribution in [3.05, 3.63) is 12.2 Å². The van der Waals surface area contributed by atoms with Crippen molar-refractivity contribution in [2.75, 3.05) is 20.8 Å². The molecule has 1 aromatic heterocycles. The van der Waals surface area contributed by atoms with E-state index >= 15 is 0 Å². The van der Waals surface area contributed by atoms with Gasteiger partial charge in [-0.05, 0) is 19.3 Å². The first kappa shape index (κ1) is 13.4. The highest BCUT2D eigenvalue weighted by atomic mass is 127. The molecule has 7 nitrogen and oxygen atoms in total. The summed E-state index contributed by atoms with van der Waals surface area (Å²) in [6.07, 6.45) is 7.51. The Kier molecular flexibility index (Phi) is 3.29. The molecule has 3 aliphatic rings. The summed E-state index contributed by atoms with van der Waals surface area (Å²) in [6.45, 7) is 0.198. The van der Waals surface area contributed by atoms with E-state index in [0.717, 1.165) is 23.7 Å². The number of nitrogens with two attached hydrogens (primary N) is 1. The Morgan fingerprint density at radius 3 is 2.95 bits per heavy atom. The molecular formula is C13H17IN6O. The number of aliphatic hydroxyl groups excluding tert-OH is 1. The van der Waals surface area contributed by atoms with Gasteiger partial charge in [-0.2, -0.15) is 13.1 Å². The Hall–Kier alpha value is -1.29. The third kappa shape index (κ3) is 2.50. The fourth-order valence-corrected chi connectivity index (χ4v) is 4.76. The minimum absolute atomic E-state index is 0.198. The van der Waals surface area contributed by atoms with Crippen LogP contribution in [-0.2, 0) is 0 Å². The van der Waals surface area contributed by atoms with Crippen LogP contribution in [-0.4, -0.2) is 33.8 Å². The second-order valence-electron chi connectivity index (χ2n) is 5.62. The van der Waals surface area contributed by atoms with Crippen LogP contribution in [0.2, 0.25) is 0 Å². The van der Waals surface area contributed by atoms with Crippen molar-refractivity contribution in [1.82, 2.24) is 9.97 Å². The van der Waals surface area contributed by atoms with E-state index in [1.54, 1.807) is 0 Å². The van der Waals surface area contributed by atoms with Gasteiger partial charge in [-0.1, -0.05) is 12.2 Å². The number of rotatable bonds is 4. The number of hydrogen-bond donors (Lipinski definition) is 3.